The maximum Gasteiger partial charge on any atom is 0.226 e. The molecule has 0 heterocycles. The number of nitrogens with one attached hydrogen (secondary N) is 1. The van der Waals surface area contributed by atoms with Gasteiger partial charge < -0.3 is 10.2 Å². The Balaban J connectivity index is 2.52. The van der Waals surface area contributed by atoms with Crippen LogP contribution in [0.5, 0.6) is 0 Å². The number of amides is 1. The van der Waals surface area contributed by atoms with Gasteiger partial charge >= 0.3 is 0 Å². The molecule has 1 unspecified atom stereocenters. The summed E-state index contributed by atoms with van der Waals surface area (Å²) < 4.78 is 0. The molecule has 0 spiro atoms. The van der Waals surface area contributed by atoms with Gasteiger partial charge in [-0.3, -0.25) is 9.59 Å². The largest absolute Gasteiger partial charge is 0.336 e. The summed E-state index contributed by atoms with van der Waals surface area (Å²) in [5.74, 6) is 1.01. The molecule has 0 saturated heterocycles. The van der Waals surface area contributed by atoms with Crippen molar-refractivity contribution in [3.05, 3.63) is 0 Å². The Kier molecular flexibility index (Phi) is 7.04. The van der Waals surface area contributed by atoms with Crippen molar-refractivity contribution in [1.82, 2.24) is 10.2 Å². The number of carbonyl (C=O) groups excluding carboxylic acids is 2. The fourth-order valence-electron chi connectivity index (χ4n) is 3.35. The van der Waals surface area contributed by atoms with Crippen molar-refractivity contribution in [1.29, 1.82) is 0 Å². The summed E-state index contributed by atoms with van der Waals surface area (Å²) in [4.78, 5) is 26.8. The van der Waals surface area contributed by atoms with Crippen LogP contribution < -0.4 is 5.32 Å². The van der Waals surface area contributed by atoms with Crippen LogP contribution in [0.15, 0.2) is 0 Å². The number of hydrogen-bond donors (Lipinski definition) is 1. The van der Waals surface area contributed by atoms with Crippen molar-refractivity contribution in [2.24, 2.45) is 17.3 Å². The van der Waals surface area contributed by atoms with Gasteiger partial charge in [0, 0.05) is 23.9 Å². The van der Waals surface area contributed by atoms with Crippen LogP contribution in [0.1, 0.15) is 74.1 Å². The Morgan fingerprint density at radius 3 is 1.96 bits per heavy atom. The Morgan fingerprint density at radius 2 is 1.54 bits per heavy atom. The van der Waals surface area contributed by atoms with E-state index in [0.717, 1.165) is 32.2 Å². The molecule has 1 saturated carbocycles. The van der Waals surface area contributed by atoms with Gasteiger partial charge in [0.25, 0.3) is 0 Å². The SMILES string of the molecule is CC(C(=O)C(C)(C)C)N(C)C(=O)C1CCC(CNC(C)(C)C)CC1. The maximum atomic E-state index is 12.8. The van der Waals surface area contributed by atoms with Gasteiger partial charge in [-0.1, -0.05) is 20.8 Å². The fraction of sp³-hybridized carbons (Fsp3) is 0.900. The molecule has 1 amide bonds. The summed E-state index contributed by atoms with van der Waals surface area (Å²) in [6, 6.07) is -0.349. The topological polar surface area (TPSA) is 49.4 Å². The molecule has 0 aromatic carbocycles. The van der Waals surface area contributed by atoms with E-state index in [1.165, 1.54) is 0 Å². The molecular weight excluding hydrogens is 300 g/mol. The predicted molar refractivity (Wildman–Crippen MR) is 99.9 cm³/mol. The number of ketones is 1. The number of likely N-dealkylation sites (N-methyl/N-ethyl adjacent to an activating group) is 1. The summed E-state index contributed by atoms with van der Waals surface area (Å²) in [5.41, 5.74) is -0.264. The van der Waals surface area contributed by atoms with E-state index in [-0.39, 0.29) is 29.2 Å². The lowest BCUT2D eigenvalue weighted by Gasteiger charge is -2.35. The van der Waals surface area contributed by atoms with E-state index in [4.69, 9.17) is 0 Å². The molecule has 1 aliphatic rings. The molecule has 1 fully saturated rings. The minimum absolute atomic E-state index is 0.0797. The molecule has 4 nitrogen and oxygen atoms in total. The summed E-state index contributed by atoms with van der Waals surface area (Å²) in [6.45, 7) is 15.2. The van der Waals surface area contributed by atoms with Crippen molar-refractivity contribution in [3.63, 3.8) is 0 Å². The van der Waals surface area contributed by atoms with Gasteiger partial charge in [-0.25, -0.2) is 0 Å². The predicted octanol–water partition coefficient (Wildman–Crippen LogP) is 3.64. The molecule has 0 aliphatic heterocycles. The first-order valence-corrected chi connectivity index (χ1v) is 9.39. The molecule has 24 heavy (non-hydrogen) atoms. The van der Waals surface area contributed by atoms with Gasteiger partial charge in [0.1, 0.15) is 0 Å². The Hall–Kier alpha value is -0.900. The third-order valence-electron chi connectivity index (χ3n) is 5.16. The van der Waals surface area contributed by atoms with Crippen molar-refractivity contribution in [2.75, 3.05) is 13.6 Å². The lowest BCUT2D eigenvalue weighted by atomic mass is 9.80. The molecule has 140 valence electrons. The molecule has 1 rings (SSSR count). The first-order valence-electron chi connectivity index (χ1n) is 9.39. The average Bonchev–Trinajstić information content (AvgIpc) is 2.49. The van der Waals surface area contributed by atoms with E-state index < -0.39 is 5.41 Å². The second-order valence-corrected chi connectivity index (χ2v) is 9.59. The van der Waals surface area contributed by atoms with Gasteiger partial charge in [-0.2, -0.15) is 0 Å². The highest BCUT2D eigenvalue weighted by atomic mass is 16.2. The van der Waals surface area contributed by atoms with Crippen LogP contribution in [0.3, 0.4) is 0 Å². The van der Waals surface area contributed by atoms with Crippen molar-refractivity contribution >= 4 is 11.7 Å². The van der Waals surface area contributed by atoms with E-state index in [1.807, 2.05) is 27.7 Å². The molecular formula is C20H38N2O2. The molecule has 1 N–H and O–H groups in total. The summed E-state index contributed by atoms with van der Waals surface area (Å²) >= 11 is 0. The molecule has 1 atom stereocenters. The standard InChI is InChI=1S/C20H38N2O2/c1-14(17(23)19(2,3)4)22(8)18(24)16-11-9-15(10-12-16)13-21-20(5,6)7/h14-16,21H,9-13H2,1-8H3. The number of rotatable bonds is 5. The van der Waals surface area contributed by atoms with E-state index in [0.29, 0.717) is 5.92 Å². The number of hydrogen-bond acceptors (Lipinski definition) is 3. The van der Waals surface area contributed by atoms with E-state index in [9.17, 15) is 9.59 Å². The van der Waals surface area contributed by atoms with Crippen molar-refractivity contribution < 1.29 is 9.59 Å². The normalized spacial score (nSPS) is 23.7. The van der Waals surface area contributed by atoms with Crippen LogP contribution in [-0.4, -0.2) is 41.8 Å². The molecule has 4 heteroatoms. The highest BCUT2D eigenvalue weighted by molar-refractivity contribution is 5.92. The van der Waals surface area contributed by atoms with Crippen molar-refractivity contribution in [2.45, 2.75) is 85.7 Å². The second-order valence-electron chi connectivity index (χ2n) is 9.59. The third kappa shape index (κ3) is 6.19. The van der Waals surface area contributed by atoms with Crippen LogP contribution in [-0.2, 0) is 9.59 Å². The Labute approximate surface area is 148 Å². The summed E-state index contributed by atoms with van der Waals surface area (Å²) in [6.07, 6.45) is 4.07. The smallest absolute Gasteiger partial charge is 0.226 e. The van der Waals surface area contributed by atoms with Gasteiger partial charge in [0.2, 0.25) is 5.91 Å². The highest BCUT2D eigenvalue weighted by Gasteiger charge is 2.35. The first kappa shape index (κ1) is 21.1. The minimum Gasteiger partial charge on any atom is -0.336 e. The minimum atomic E-state index is -0.412. The van der Waals surface area contributed by atoms with Crippen LogP contribution in [0.25, 0.3) is 0 Å². The van der Waals surface area contributed by atoms with E-state index >= 15 is 0 Å². The molecule has 0 aromatic rings. The van der Waals surface area contributed by atoms with Crippen LogP contribution >= 0.6 is 0 Å². The van der Waals surface area contributed by atoms with Gasteiger partial charge in [-0.05, 0) is 65.8 Å². The lowest BCUT2D eigenvalue weighted by molar-refractivity contribution is -0.144. The van der Waals surface area contributed by atoms with Crippen molar-refractivity contribution in [3.8, 4) is 0 Å². The van der Waals surface area contributed by atoms with Gasteiger partial charge in [0.15, 0.2) is 5.78 Å². The highest BCUT2D eigenvalue weighted by Crippen LogP contribution is 2.31. The molecule has 0 aromatic heterocycles. The lowest BCUT2D eigenvalue weighted by Crippen LogP contribution is -2.47. The fourth-order valence-corrected chi connectivity index (χ4v) is 3.35. The van der Waals surface area contributed by atoms with E-state index in [1.54, 1.807) is 11.9 Å². The number of nitrogens with zero attached hydrogens (tertiary/aromatic N) is 1. The zero-order valence-electron chi connectivity index (χ0n) is 17.0. The summed E-state index contributed by atoms with van der Waals surface area (Å²) in [7, 11) is 1.78. The zero-order valence-corrected chi connectivity index (χ0v) is 17.0. The van der Waals surface area contributed by atoms with Gasteiger partial charge in [0.05, 0.1) is 6.04 Å². The quantitative estimate of drug-likeness (QED) is 0.832. The van der Waals surface area contributed by atoms with Crippen LogP contribution in [0.2, 0.25) is 0 Å². The Morgan fingerprint density at radius 1 is 1.04 bits per heavy atom. The molecule has 1 aliphatic carbocycles. The summed E-state index contributed by atoms with van der Waals surface area (Å²) in [5, 5.41) is 3.57. The second kappa shape index (κ2) is 7.99. The average molecular weight is 339 g/mol. The number of Topliss-reactive ketones (excluding diaryl/α,β-unsaturated/α-hetero) is 1. The monoisotopic (exact) mass is 338 g/mol. The first-order chi connectivity index (χ1) is 10.8. The zero-order chi connectivity index (χ0) is 18.7. The van der Waals surface area contributed by atoms with Crippen LogP contribution in [0.4, 0.5) is 0 Å². The molecule has 0 radical (unpaired) electrons. The van der Waals surface area contributed by atoms with Crippen LogP contribution in [0, 0.1) is 17.3 Å². The molecule has 0 bridgehead atoms. The van der Waals surface area contributed by atoms with E-state index in [2.05, 4.69) is 26.1 Å². The number of carbonyl (C=O) groups is 2. The third-order valence-corrected chi connectivity index (χ3v) is 5.16. The maximum absolute atomic E-state index is 12.8. The Bertz CT molecular complexity index is 438. The van der Waals surface area contributed by atoms with Gasteiger partial charge in [-0.15, -0.1) is 0 Å².